The summed E-state index contributed by atoms with van der Waals surface area (Å²) in [6.07, 6.45) is 1.74. The highest BCUT2D eigenvalue weighted by molar-refractivity contribution is 7.98. The van der Waals surface area contributed by atoms with Gasteiger partial charge in [-0.25, -0.2) is 0 Å². The van der Waals surface area contributed by atoms with Crippen LogP contribution in [0.1, 0.15) is 22.3 Å². The summed E-state index contributed by atoms with van der Waals surface area (Å²) in [5.74, 6) is 0.998. The number of hydrogen-bond donors (Lipinski definition) is 2. The van der Waals surface area contributed by atoms with Gasteiger partial charge in [0.1, 0.15) is 5.82 Å². The van der Waals surface area contributed by atoms with Gasteiger partial charge in [-0.1, -0.05) is 23.0 Å². The van der Waals surface area contributed by atoms with Gasteiger partial charge >= 0.3 is 0 Å². The second-order valence-corrected chi connectivity index (χ2v) is 4.82. The summed E-state index contributed by atoms with van der Waals surface area (Å²) in [7, 11) is 1.50. The standard InChI is InChI=1S/C11H15N7O2S.ClH/c1-3-4-18-7(5-12)15-16-11(18)21-6-8-14-9(17-20-8)10(19)13-2;/h3H,1,4-6,12H2,2H3,(H,13,19);1H. The molecule has 120 valence electrons. The normalized spacial score (nSPS) is 10.1. The molecule has 0 saturated heterocycles. The van der Waals surface area contributed by atoms with Gasteiger partial charge < -0.3 is 20.1 Å². The van der Waals surface area contributed by atoms with E-state index >= 15 is 0 Å². The second kappa shape index (κ2) is 8.51. The zero-order chi connectivity index (χ0) is 15.2. The van der Waals surface area contributed by atoms with Crippen LogP contribution >= 0.6 is 24.2 Å². The van der Waals surface area contributed by atoms with Crippen molar-refractivity contribution in [2.24, 2.45) is 5.73 Å². The Morgan fingerprint density at radius 1 is 1.55 bits per heavy atom. The van der Waals surface area contributed by atoms with Crippen molar-refractivity contribution in [3.63, 3.8) is 0 Å². The van der Waals surface area contributed by atoms with Crippen molar-refractivity contribution in [2.75, 3.05) is 7.05 Å². The van der Waals surface area contributed by atoms with Gasteiger partial charge in [0.2, 0.25) is 5.89 Å². The molecule has 0 aliphatic carbocycles. The van der Waals surface area contributed by atoms with Gasteiger partial charge in [-0.2, -0.15) is 4.98 Å². The maximum Gasteiger partial charge on any atom is 0.292 e. The smallest absolute Gasteiger partial charge is 0.292 e. The molecule has 9 nitrogen and oxygen atoms in total. The number of carbonyl (C=O) groups is 1. The largest absolute Gasteiger partial charge is 0.352 e. The van der Waals surface area contributed by atoms with E-state index in [0.29, 0.717) is 35.7 Å². The van der Waals surface area contributed by atoms with E-state index < -0.39 is 5.91 Å². The molecule has 1 amide bonds. The number of amides is 1. The average Bonchev–Trinajstić information content (AvgIpc) is 3.11. The molecule has 0 bridgehead atoms. The fraction of sp³-hybridized carbons (Fsp3) is 0.364. The van der Waals surface area contributed by atoms with Crippen molar-refractivity contribution < 1.29 is 9.32 Å². The van der Waals surface area contributed by atoms with Gasteiger partial charge in [0, 0.05) is 13.6 Å². The number of nitrogens with zero attached hydrogens (tertiary/aromatic N) is 5. The van der Waals surface area contributed by atoms with Gasteiger partial charge in [0.15, 0.2) is 5.16 Å². The van der Waals surface area contributed by atoms with E-state index in [1.54, 1.807) is 6.08 Å². The number of hydrogen-bond acceptors (Lipinski definition) is 8. The van der Waals surface area contributed by atoms with Crippen molar-refractivity contribution in [2.45, 2.75) is 24.0 Å². The van der Waals surface area contributed by atoms with Gasteiger partial charge in [0.25, 0.3) is 11.7 Å². The average molecular weight is 346 g/mol. The molecular weight excluding hydrogens is 330 g/mol. The van der Waals surface area contributed by atoms with Crippen molar-refractivity contribution in [3.05, 3.63) is 30.2 Å². The number of thioether (sulfide) groups is 1. The minimum atomic E-state index is -0.393. The van der Waals surface area contributed by atoms with Gasteiger partial charge in [-0.3, -0.25) is 4.79 Å². The molecular formula is C11H16ClN7O2S. The van der Waals surface area contributed by atoms with Crippen molar-refractivity contribution in [1.82, 2.24) is 30.2 Å². The van der Waals surface area contributed by atoms with Crippen LogP contribution in [0, 0.1) is 0 Å². The van der Waals surface area contributed by atoms with Gasteiger partial charge in [0.05, 0.1) is 12.3 Å². The topological polar surface area (TPSA) is 125 Å². The highest BCUT2D eigenvalue weighted by Gasteiger charge is 2.15. The highest BCUT2D eigenvalue weighted by Crippen LogP contribution is 2.21. The van der Waals surface area contributed by atoms with Gasteiger partial charge in [-0.15, -0.1) is 29.2 Å². The quantitative estimate of drug-likeness (QED) is 0.545. The molecule has 0 unspecified atom stereocenters. The molecule has 0 aliphatic rings. The number of halogens is 1. The van der Waals surface area contributed by atoms with Crippen molar-refractivity contribution in [1.29, 1.82) is 0 Å². The Labute approximate surface area is 137 Å². The summed E-state index contributed by atoms with van der Waals surface area (Å²) in [6.45, 7) is 4.55. The number of aromatic nitrogens is 5. The maximum absolute atomic E-state index is 11.3. The summed E-state index contributed by atoms with van der Waals surface area (Å²) in [6, 6.07) is 0. The van der Waals surface area contributed by atoms with Crippen LogP contribution in [0.4, 0.5) is 0 Å². The summed E-state index contributed by atoms with van der Waals surface area (Å²) in [4.78, 5) is 15.3. The van der Waals surface area contributed by atoms with E-state index in [-0.39, 0.29) is 18.2 Å². The fourth-order valence-corrected chi connectivity index (χ4v) is 2.34. The van der Waals surface area contributed by atoms with Crippen molar-refractivity contribution in [3.8, 4) is 0 Å². The molecule has 3 N–H and O–H groups in total. The monoisotopic (exact) mass is 345 g/mol. The molecule has 2 aromatic rings. The highest BCUT2D eigenvalue weighted by atomic mass is 35.5. The van der Waals surface area contributed by atoms with Crippen LogP contribution in [-0.2, 0) is 18.8 Å². The third-order valence-corrected chi connectivity index (χ3v) is 3.46. The second-order valence-electron chi connectivity index (χ2n) is 3.88. The molecule has 0 radical (unpaired) electrons. The lowest BCUT2D eigenvalue weighted by molar-refractivity contribution is 0.0950. The molecule has 2 heterocycles. The van der Waals surface area contributed by atoms with Crippen LogP contribution in [0.25, 0.3) is 0 Å². The number of rotatable bonds is 7. The zero-order valence-corrected chi connectivity index (χ0v) is 13.5. The number of allylic oxidation sites excluding steroid dienone is 1. The first-order valence-corrected chi connectivity index (χ1v) is 7.08. The molecule has 0 aromatic carbocycles. The lowest BCUT2D eigenvalue weighted by Gasteiger charge is -2.04. The summed E-state index contributed by atoms with van der Waals surface area (Å²) in [5.41, 5.74) is 5.60. The Bertz CT molecular complexity index is 642. The molecule has 0 aliphatic heterocycles. The first-order chi connectivity index (χ1) is 10.2. The van der Waals surface area contributed by atoms with E-state index in [1.807, 2.05) is 4.57 Å². The van der Waals surface area contributed by atoms with Crippen LogP contribution in [0.15, 0.2) is 22.3 Å². The predicted octanol–water partition coefficient (Wildman–Crippen LogP) is 0.380. The van der Waals surface area contributed by atoms with Crippen LogP contribution < -0.4 is 11.1 Å². The van der Waals surface area contributed by atoms with E-state index in [0.717, 1.165) is 0 Å². The van der Waals surface area contributed by atoms with Crippen LogP contribution in [0.3, 0.4) is 0 Å². The molecule has 11 heteroatoms. The third kappa shape index (κ3) is 4.06. The van der Waals surface area contributed by atoms with E-state index in [4.69, 9.17) is 10.3 Å². The molecule has 0 fully saturated rings. The number of nitrogens with two attached hydrogens (primary N) is 1. The minimum Gasteiger partial charge on any atom is -0.352 e. The fourth-order valence-electron chi connectivity index (χ4n) is 1.53. The first kappa shape index (κ1) is 18.1. The lowest BCUT2D eigenvalue weighted by atomic mass is 10.5. The van der Waals surface area contributed by atoms with Crippen LogP contribution in [0.5, 0.6) is 0 Å². The Hall–Kier alpha value is -1.91. The Balaban J connectivity index is 0.00000242. The Kier molecular flexibility index (Phi) is 7.02. The molecule has 0 atom stereocenters. The summed E-state index contributed by atoms with van der Waals surface area (Å²) in [5, 5.41) is 14.7. The SMILES string of the molecule is C=CCn1c(CN)nnc1SCc1nc(C(=O)NC)no1.Cl. The van der Waals surface area contributed by atoms with E-state index in [2.05, 4.69) is 32.2 Å². The first-order valence-electron chi connectivity index (χ1n) is 6.10. The van der Waals surface area contributed by atoms with E-state index in [9.17, 15) is 4.79 Å². The van der Waals surface area contributed by atoms with Crippen LogP contribution in [0.2, 0.25) is 0 Å². The summed E-state index contributed by atoms with van der Waals surface area (Å²) >= 11 is 1.37. The molecule has 2 aromatic heterocycles. The molecule has 2 rings (SSSR count). The molecule has 0 spiro atoms. The molecule has 0 saturated carbocycles. The predicted molar refractivity (Wildman–Crippen MR) is 82.6 cm³/mol. The van der Waals surface area contributed by atoms with Crippen LogP contribution in [-0.4, -0.2) is 37.9 Å². The zero-order valence-electron chi connectivity index (χ0n) is 11.9. The Morgan fingerprint density at radius 2 is 2.32 bits per heavy atom. The van der Waals surface area contributed by atoms with Gasteiger partial charge in [-0.05, 0) is 0 Å². The number of nitrogens with one attached hydrogen (secondary N) is 1. The van der Waals surface area contributed by atoms with E-state index in [1.165, 1.54) is 18.8 Å². The minimum absolute atomic E-state index is 0. The van der Waals surface area contributed by atoms with Crippen molar-refractivity contribution >= 4 is 30.1 Å². The lowest BCUT2D eigenvalue weighted by Crippen LogP contribution is -2.19. The third-order valence-electron chi connectivity index (χ3n) is 2.51. The number of carbonyl (C=O) groups excluding carboxylic acids is 1. The maximum atomic E-state index is 11.3. The molecule has 22 heavy (non-hydrogen) atoms. The Morgan fingerprint density at radius 3 is 2.95 bits per heavy atom. The summed E-state index contributed by atoms with van der Waals surface area (Å²) < 4.78 is 6.85.